The van der Waals surface area contributed by atoms with Crippen molar-refractivity contribution in [2.45, 2.75) is 30.8 Å². The summed E-state index contributed by atoms with van der Waals surface area (Å²) in [5.41, 5.74) is 0. The van der Waals surface area contributed by atoms with E-state index in [1.165, 1.54) is 17.0 Å². The minimum Gasteiger partial charge on any atom is -0.310 e. The first-order valence-corrected chi connectivity index (χ1v) is 5.51. The third-order valence-electron chi connectivity index (χ3n) is 0.781. The van der Waals surface area contributed by atoms with Gasteiger partial charge in [-0.2, -0.15) is 0 Å². The summed E-state index contributed by atoms with van der Waals surface area (Å²) in [5.74, 6) is 0. The molecule has 9 heavy (non-hydrogen) atoms. The van der Waals surface area contributed by atoms with E-state index in [1.54, 1.807) is 0 Å². The van der Waals surface area contributed by atoms with Crippen molar-refractivity contribution in [2.24, 2.45) is 0 Å². The summed E-state index contributed by atoms with van der Waals surface area (Å²) < 4.78 is 8.46. The highest BCUT2D eigenvalue weighted by atomic mass is 31.1. The second kappa shape index (κ2) is 15.8. The zero-order chi connectivity index (χ0) is 7.54. The van der Waals surface area contributed by atoms with E-state index in [2.05, 4.69) is 13.8 Å². The van der Waals surface area contributed by atoms with Gasteiger partial charge < -0.3 is 4.89 Å². The average Bonchev–Trinajstić information content (AvgIpc) is 1.86. The first-order chi connectivity index (χ1) is 4.33. The van der Waals surface area contributed by atoms with E-state index in [-0.39, 0.29) is 0 Å². The van der Waals surface area contributed by atoms with Crippen molar-refractivity contribution in [1.29, 1.82) is 0 Å². The molecule has 0 aromatic heterocycles. The Hall–Kier alpha value is 0.592. The van der Waals surface area contributed by atoms with Crippen LogP contribution < -0.4 is 0 Å². The minimum atomic E-state index is -0.833. The molecular weight excluding hydrogens is 150 g/mol. The predicted molar refractivity (Wildman–Crippen MR) is 41.2 cm³/mol. The molecule has 0 aliphatic carbocycles. The predicted octanol–water partition coefficient (Wildman–Crippen LogP) is 2.14. The Morgan fingerprint density at radius 2 is 2.00 bits per heavy atom. The molecule has 4 heteroatoms. The first-order valence-electron chi connectivity index (χ1n) is 3.11. The molecule has 0 aliphatic rings. The lowest BCUT2D eigenvalue weighted by atomic mass is 10.6. The highest BCUT2D eigenvalue weighted by Crippen LogP contribution is 1.86. The lowest BCUT2D eigenvalue weighted by Crippen LogP contribution is -1.80. The molecule has 0 aromatic rings. The van der Waals surface area contributed by atoms with Crippen molar-refractivity contribution in [2.75, 3.05) is 0 Å². The van der Waals surface area contributed by atoms with Gasteiger partial charge in [0.25, 0.3) is 0 Å². The van der Waals surface area contributed by atoms with Gasteiger partial charge in [-0.15, -0.1) is 10.6 Å². The molecule has 0 heterocycles. The zero-order valence-corrected chi connectivity index (χ0v) is 8.05. The summed E-state index contributed by atoms with van der Waals surface area (Å²) in [7, 11) is -0.833. The average molecular weight is 163 g/mol. The molecule has 0 amide bonds. The molecule has 0 atom stereocenters. The molecule has 0 unspecified atom stereocenters. The Balaban J connectivity index is 0. The molecule has 0 saturated heterocycles. The quantitative estimate of drug-likeness (QED) is 0.393. The fraction of sp³-hybridized carbons (Fsp3) is 1.00. The molecule has 0 saturated carbocycles. The van der Waals surface area contributed by atoms with Crippen molar-refractivity contribution < 1.29 is 9.46 Å². The van der Waals surface area contributed by atoms with Crippen LogP contribution in [0.3, 0.4) is 0 Å². The van der Waals surface area contributed by atoms with Crippen molar-refractivity contribution >= 4 is 23.9 Å². The lowest BCUT2D eigenvalue weighted by Gasteiger charge is -1.82. The third-order valence-corrected chi connectivity index (χ3v) is 2.34. The van der Waals surface area contributed by atoms with Crippen LogP contribution in [-0.4, -0.2) is 20.1 Å². The summed E-state index contributed by atoms with van der Waals surface area (Å²) >= 11 is 0.818. The normalized spacial score (nSPS) is 7.89. The van der Waals surface area contributed by atoms with E-state index in [1.807, 2.05) is 0 Å². The minimum absolute atomic E-state index is 0.818. The monoisotopic (exact) mass is 163 g/mol. The Labute approximate surface area is 64.7 Å². The van der Waals surface area contributed by atoms with Crippen LogP contribution in [0.5, 0.6) is 0 Å². The fourth-order valence-corrected chi connectivity index (χ4v) is 1.22. The maximum Gasteiger partial charge on any atom is 0.324 e. The third kappa shape index (κ3) is 28.9. The van der Waals surface area contributed by atoms with Crippen LogP contribution in [0, 0.1) is 0 Å². The Bertz CT molecular complexity index is 48.2. The molecule has 2 nitrogen and oxygen atoms in total. The topological polar surface area (TPSA) is 37.3 Å². The summed E-state index contributed by atoms with van der Waals surface area (Å²) in [6, 6.07) is 0. The van der Waals surface area contributed by atoms with E-state index in [9.17, 15) is 0 Å². The largest absolute Gasteiger partial charge is 0.324 e. The summed E-state index contributed by atoms with van der Waals surface area (Å²) in [5, 5.41) is 2.93. The van der Waals surface area contributed by atoms with E-state index >= 15 is 0 Å². The zero-order valence-electron chi connectivity index (χ0n) is 6.00. The SMILES string of the molecule is CC[CH2][Al][CH2]C.O=PO. The van der Waals surface area contributed by atoms with E-state index in [0.29, 0.717) is 0 Å². The first kappa shape index (κ1) is 12.3. The molecule has 0 spiro atoms. The van der Waals surface area contributed by atoms with Crippen LogP contribution in [0.1, 0.15) is 20.3 Å². The van der Waals surface area contributed by atoms with Gasteiger partial charge in [-0.1, -0.05) is 20.3 Å². The molecule has 1 N–H and O–H groups in total. The molecular formula is C5H13AlO2P. The van der Waals surface area contributed by atoms with Crippen LogP contribution >= 0.6 is 8.69 Å². The van der Waals surface area contributed by atoms with Gasteiger partial charge in [-0.3, -0.25) is 0 Å². The fourth-order valence-electron chi connectivity index (χ4n) is 0.408. The van der Waals surface area contributed by atoms with E-state index < -0.39 is 8.69 Å². The maximum absolute atomic E-state index is 8.46. The Morgan fingerprint density at radius 1 is 1.56 bits per heavy atom. The van der Waals surface area contributed by atoms with Crippen LogP contribution in [0.4, 0.5) is 0 Å². The smallest absolute Gasteiger partial charge is 0.310 e. The van der Waals surface area contributed by atoms with Gasteiger partial charge in [0.15, 0.2) is 15.2 Å². The van der Waals surface area contributed by atoms with E-state index in [4.69, 9.17) is 9.46 Å². The second-order valence-electron chi connectivity index (χ2n) is 1.57. The van der Waals surface area contributed by atoms with Crippen molar-refractivity contribution in [1.82, 2.24) is 0 Å². The molecule has 1 radical (unpaired) electrons. The molecule has 0 rings (SSSR count). The number of hydrogen-bond donors (Lipinski definition) is 1. The molecule has 0 fully saturated rings. The highest BCUT2D eigenvalue weighted by Gasteiger charge is 1.80. The van der Waals surface area contributed by atoms with Gasteiger partial charge in [0.1, 0.15) is 0 Å². The standard InChI is InChI=1S/C3H7.C2H5.Al.HO2P/c1-3-2;1-2;;1-3-2/h1,3H2,2H3;1H2,2H3;;(H,1,2). The van der Waals surface area contributed by atoms with E-state index in [0.717, 1.165) is 15.2 Å². The lowest BCUT2D eigenvalue weighted by molar-refractivity contribution is 0.524. The van der Waals surface area contributed by atoms with Crippen molar-refractivity contribution in [3.8, 4) is 0 Å². The highest BCUT2D eigenvalue weighted by molar-refractivity contribution is 7.16. The Morgan fingerprint density at radius 3 is 2.11 bits per heavy atom. The van der Waals surface area contributed by atoms with Crippen LogP contribution in [0.15, 0.2) is 0 Å². The van der Waals surface area contributed by atoms with Gasteiger partial charge in [-0.05, 0) is 0 Å². The molecule has 0 bridgehead atoms. The van der Waals surface area contributed by atoms with Crippen LogP contribution in [-0.2, 0) is 4.57 Å². The van der Waals surface area contributed by atoms with Crippen molar-refractivity contribution in [3.63, 3.8) is 0 Å². The van der Waals surface area contributed by atoms with Gasteiger partial charge in [0.05, 0.1) is 0 Å². The van der Waals surface area contributed by atoms with Gasteiger partial charge in [-0.25, -0.2) is 4.57 Å². The second-order valence-corrected chi connectivity index (χ2v) is 3.70. The summed E-state index contributed by atoms with van der Waals surface area (Å²) in [4.78, 5) is 6.99. The summed E-state index contributed by atoms with van der Waals surface area (Å²) in [6.45, 7) is 4.52. The molecule has 0 aliphatic heterocycles. The summed E-state index contributed by atoms with van der Waals surface area (Å²) in [6.07, 6.45) is 1.39. The van der Waals surface area contributed by atoms with Gasteiger partial charge >= 0.3 is 8.69 Å². The van der Waals surface area contributed by atoms with Gasteiger partial charge in [0, 0.05) is 0 Å². The van der Waals surface area contributed by atoms with Crippen LogP contribution in [0.2, 0.25) is 10.6 Å². The van der Waals surface area contributed by atoms with Crippen molar-refractivity contribution in [3.05, 3.63) is 0 Å². The number of rotatable bonds is 3. The Kier molecular flexibility index (Phi) is 21.6. The maximum atomic E-state index is 8.46. The number of hydrogen-bond acceptors (Lipinski definition) is 1. The molecule has 0 aromatic carbocycles. The van der Waals surface area contributed by atoms with Gasteiger partial charge in [0.2, 0.25) is 0 Å². The molecule has 53 valence electrons. The van der Waals surface area contributed by atoms with Crippen LogP contribution in [0.25, 0.3) is 0 Å².